The fourth-order valence-corrected chi connectivity index (χ4v) is 4.84. The predicted molar refractivity (Wildman–Crippen MR) is 82.3 cm³/mol. The normalized spacial score (nSPS) is 17.6. The minimum Gasteiger partial charge on any atom is -0.230 e. The van der Waals surface area contributed by atoms with E-state index in [0.29, 0.717) is 4.47 Å². The number of aryl methyl sites for hydroxylation is 1. The zero-order valence-electron chi connectivity index (χ0n) is 10.6. The fraction of sp³-hybridized carbons (Fsp3) is 0.500. The molecule has 4 nitrogen and oxygen atoms in total. The molecule has 1 saturated heterocycles. The van der Waals surface area contributed by atoms with Crippen LogP contribution in [0.15, 0.2) is 26.0 Å². The molecule has 0 unspecified atom stereocenters. The lowest BCUT2D eigenvalue weighted by atomic mass is 10.2. The van der Waals surface area contributed by atoms with Crippen LogP contribution in [-0.2, 0) is 10.0 Å². The molecule has 0 amide bonds. The Morgan fingerprint density at radius 2 is 1.74 bits per heavy atom. The van der Waals surface area contributed by atoms with Crippen molar-refractivity contribution in [3.8, 4) is 0 Å². The molecule has 0 aromatic heterocycles. The molecule has 1 heterocycles. The molecule has 2 rings (SSSR count). The lowest BCUT2D eigenvalue weighted by molar-refractivity contribution is 0.200. The molecular weight excluding hydrogens is 396 g/mol. The Morgan fingerprint density at radius 1 is 1.11 bits per heavy atom. The summed E-state index contributed by atoms with van der Waals surface area (Å²) >= 11 is 6.69. The van der Waals surface area contributed by atoms with E-state index >= 15 is 0 Å². The van der Waals surface area contributed by atoms with E-state index in [4.69, 9.17) is 0 Å². The van der Waals surface area contributed by atoms with Crippen LogP contribution in [-0.4, -0.2) is 26.5 Å². The number of nitrogens with one attached hydrogen (secondary N) is 1. The lowest BCUT2D eigenvalue weighted by Gasteiger charge is -2.26. The average Bonchev–Trinajstić information content (AvgIpc) is 2.34. The molecule has 0 bridgehead atoms. The van der Waals surface area contributed by atoms with Gasteiger partial charge in [-0.3, -0.25) is 0 Å². The van der Waals surface area contributed by atoms with E-state index in [1.807, 2.05) is 6.92 Å². The molecule has 1 fully saturated rings. The van der Waals surface area contributed by atoms with Crippen LogP contribution in [0.5, 0.6) is 0 Å². The Bertz CT molecular complexity index is 569. The van der Waals surface area contributed by atoms with Gasteiger partial charge in [0.1, 0.15) is 0 Å². The van der Waals surface area contributed by atoms with E-state index in [2.05, 4.69) is 36.7 Å². The van der Waals surface area contributed by atoms with Crippen LogP contribution in [0.25, 0.3) is 0 Å². The Kier molecular flexibility index (Phi) is 5.05. The van der Waals surface area contributed by atoms with Crippen molar-refractivity contribution in [3.63, 3.8) is 0 Å². The van der Waals surface area contributed by atoms with E-state index in [1.54, 1.807) is 17.1 Å². The molecular formula is C12H16Br2N2O2S. The molecule has 1 aliphatic heterocycles. The molecule has 0 aliphatic carbocycles. The number of nitrogens with zero attached hydrogens (tertiary/aromatic N) is 1. The van der Waals surface area contributed by atoms with E-state index in [9.17, 15) is 8.42 Å². The third-order valence-electron chi connectivity index (χ3n) is 3.11. The standard InChI is InChI=1S/C12H16Br2N2O2S/c1-9-7-11(14)12(8-10(9)13)19(17,18)15-16-5-3-2-4-6-16/h7-8,15H,2-6H2,1H3. The molecule has 106 valence electrons. The number of sulfonamides is 1. The molecule has 0 atom stereocenters. The Labute approximate surface area is 130 Å². The van der Waals surface area contributed by atoms with Gasteiger partial charge in [-0.05, 0) is 53.4 Å². The fourth-order valence-electron chi connectivity index (χ4n) is 2.04. The van der Waals surface area contributed by atoms with Crippen molar-refractivity contribution in [2.75, 3.05) is 13.1 Å². The summed E-state index contributed by atoms with van der Waals surface area (Å²) in [4.78, 5) is 2.91. The second-order valence-electron chi connectivity index (χ2n) is 4.67. The third-order valence-corrected chi connectivity index (χ3v) is 6.30. The largest absolute Gasteiger partial charge is 0.254 e. The average molecular weight is 412 g/mol. The first-order valence-corrected chi connectivity index (χ1v) is 9.20. The summed E-state index contributed by atoms with van der Waals surface area (Å²) in [7, 11) is -3.53. The first kappa shape index (κ1) is 15.4. The zero-order valence-corrected chi connectivity index (χ0v) is 14.6. The number of benzene rings is 1. The highest BCUT2D eigenvalue weighted by Gasteiger charge is 2.22. The number of halogens is 2. The van der Waals surface area contributed by atoms with Crippen molar-refractivity contribution in [2.45, 2.75) is 31.1 Å². The molecule has 19 heavy (non-hydrogen) atoms. The maximum Gasteiger partial charge on any atom is 0.254 e. The molecule has 1 aromatic rings. The van der Waals surface area contributed by atoms with Gasteiger partial charge >= 0.3 is 0 Å². The maximum absolute atomic E-state index is 12.4. The summed E-state index contributed by atoms with van der Waals surface area (Å²) in [5.41, 5.74) is 0.990. The number of hydrogen-bond acceptors (Lipinski definition) is 3. The first-order chi connectivity index (χ1) is 8.90. The van der Waals surface area contributed by atoms with Gasteiger partial charge in [0.05, 0.1) is 4.90 Å². The minimum absolute atomic E-state index is 0.260. The van der Waals surface area contributed by atoms with Gasteiger partial charge in [0.15, 0.2) is 0 Å². The summed E-state index contributed by atoms with van der Waals surface area (Å²) in [6, 6.07) is 3.43. The Balaban J connectivity index is 2.26. The first-order valence-electron chi connectivity index (χ1n) is 6.13. The summed E-state index contributed by atoms with van der Waals surface area (Å²) < 4.78 is 26.1. The Hall–Kier alpha value is 0.0500. The van der Waals surface area contributed by atoms with Gasteiger partial charge in [-0.25, -0.2) is 13.4 Å². The second kappa shape index (κ2) is 6.22. The van der Waals surface area contributed by atoms with Crippen LogP contribution < -0.4 is 4.83 Å². The van der Waals surface area contributed by atoms with Crippen LogP contribution in [0.1, 0.15) is 24.8 Å². The molecule has 7 heteroatoms. The van der Waals surface area contributed by atoms with Gasteiger partial charge in [-0.15, -0.1) is 4.83 Å². The highest BCUT2D eigenvalue weighted by molar-refractivity contribution is 9.11. The van der Waals surface area contributed by atoms with E-state index in [1.165, 1.54) is 0 Å². The van der Waals surface area contributed by atoms with Gasteiger partial charge < -0.3 is 0 Å². The lowest BCUT2D eigenvalue weighted by Crippen LogP contribution is -2.44. The molecule has 0 saturated carbocycles. The van der Waals surface area contributed by atoms with Crippen molar-refractivity contribution in [3.05, 3.63) is 26.6 Å². The van der Waals surface area contributed by atoms with Crippen LogP contribution in [0, 0.1) is 6.92 Å². The van der Waals surface area contributed by atoms with Crippen molar-refractivity contribution in [1.82, 2.24) is 9.84 Å². The molecule has 0 radical (unpaired) electrons. The van der Waals surface area contributed by atoms with Gasteiger partial charge in [-0.2, -0.15) is 0 Å². The molecule has 0 spiro atoms. The van der Waals surface area contributed by atoms with Gasteiger partial charge in [-0.1, -0.05) is 22.4 Å². The van der Waals surface area contributed by atoms with Gasteiger partial charge in [0, 0.05) is 22.0 Å². The van der Waals surface area contributed by atoms with Crippen LogP contribution in [0.4, 0.5) is 0 Å². The van der Waals surface area contributed by atoms with E-state index in [0.717, 1.165) is 42.4 Å². The SMILES string of the molecule is Cc1cc(Br)c(S(=O)(=O)NN2CCCCC2)cc1Br. The van der Waals surface area contributed by atoms with Crippen LogP contribution in [0.2, 0.25) is 0 Å². The number of hydrogen-bond donors (Lipinski definition) is 1. The highest BCUT2D eigenvalue weighted by atomic mass is 79.9. The predicted octanol–water partition coefficient (Wildman–Crippen LogP) is 3.20. The highest BCUT2D eigenvalue weighted by Crippen LogP contribution is 2.29. The second-order valence-corrected chi connectivity index (χ2v) is 8.01. The minimum atomic E-state index is -3.53. The van der Waals surface area contributed by atoms with E-state index in [-0.39, 0.29) is 4.90 Å². The monoisotopic (exact) mass is 410 g/mol. The van der Waals surface area contributed by atoms with Crippen molar-refractivity contribution >= 4 is 41.9 Å². The zero-order chi connectivity index (χ0) is 14.0. The molecule has 1 aromatic carbocycles. The third kappa shape index (κ3) is 3.78. The quantitative estimate of drug-likeness (QED) is 0.830. The van der Waals surface area contributed by atoms with Gasteiger partial charge in [0.25, 0.3) is 10.0 Å². The number of piperidine rings is 1. The summed E-state index contributed by atoms with van der Waals surface area (Å²) in [5.74, 6) is 0. The number of rotatable bonds is 3. The van der Waals surface area contributed by atoms with Crippen molar-refractivity contribution in [2.24, 2.45) is 0 Å². The number of hydrazine groups is 1. The van der Waals surface area contributed by atoms with E-state index < -0.39 is 10.0 Å². The smallest absolute Gasteiger partial charge is 0.230 e. The molecule has 1 aliphatic rings. The van der Waals surface area contributed by atoms with Crippen molar-refractivity contribution < 1.29 is 8.42 Å². The summed E-state index contributed by atoms with van der Waals surface area (Å²) in [5, 5.41) is 1.78. The summed E-state index contributed by atoms with van der Waals surface area (Å²) in [6.07, 6.45) is 3.22. The topological polar surface area (TPSA) is 49.4 Å². The van der Waals surface area contributed by atoms with Crippen LogP contribution >= 0.6 is 31.9 Å². The molecule has 1 N–H and O–H groups in total. The van der Waals surface area contributed by atoms with Crippen molar-refractivity contribution in [1.29, 1.82) is 0 Å². The van der Waals surface area contributed by atoms with Crippen LogP contribution in [0.3, 0.4) is 0 Å². The van der Waals surface area contributed by atoms with Gasteiger partial charge in [0.2, 0.25) is 0 Å². The summed E-state index contributed by atoms with van der Waals surface area (Å²) in [6.45, 7) is 3.46. The maximum atomic E-state index is 12.4. The Morgan fingerprint density at radius 3 is 2.37 bits per heavy atom.